The molecule has 20 heteroatoms. The molecular weight excluding hydrogens is 1430 g/mol. The SMILES string of the molecule is COc1ccc(-n2c3ccccc3c3cc4c(cc32)c2ccccc2n4-c2nc(-c3ccccc3)nc(-c3ccccc3)n2)cc1S(=O)[O-].O=S(=O)(Oc1ccccc1)c1ccc2nc(-c3ccc(-n4c5ccccc5c5cc6c(cc54)c4ccccc4n6-c4nc(-c5ccccc5)nc(-c5ccccc5)n4)cc3)[n-]c2c1. The Morgan fingerprint density at radius 3 is 1.12 bits per heavy atom. The van der Waals surface area contributed by atoms with E-state index in [1.54, 1.807) is 48.5 Å². The van der Waals surface area contributed by atoms with Crippen molar-refractivity contribution in [3.05, 3.63) is 334 Å². The minimum absolute atomic E-state index is 0.00594. The van der Waals surface area contributed by atoms with Crippen LogP contribution in [0.15, 0.2) is 343 Å². The molecule has 7 heterocycles. The highest BCUT2D eigenvalue weighted by Gasteiger charge is 2.25. The Labute approximate surface area is 641 Å². The van der Waals surface area contributed by atoms with Crippen LogP contribution in [0.25, 0.3) is 178 Å². The van der Waals surface area contributed by atoms with E-state index in [1.807, 2.05) is 170 Å². The summed E-state index contributed by atoms with van der Waals surface area (Å²) in [6.45, 7) is 0. The summed E-state index contributed by atoms with van der Waals surface area (Å²) in [4.78, 5) is 39.9. The third-order valence-electron chi connectivity index (χ3n) is 20.3. The van der Waals surface area contributed by atoms with Crippen LogP contribution in [0.2, 0.25) is 0 Å². The van der Waals surface area contributed by atoms with Gasteiger partial charge in [-0.25, -0.2) is 9.97 Å². The summed E-state index contributed by atoms with van der Waals surface area (Å²) in [5.74, 6) is 4.43. The largest absolute Gasteiger partial charge is 0.768 e. The van der Waals surface area contributed by atoms with E-state index < -0.39 is 21.2 Å². The van der Waals surface area contributed by atoms with Crippen LogP contribution >= 0.6 is 0 Å². The van der Waals surface area contributed by atoms with Gasteiger partial charge >= 0.3 is 10.1 Å². The Bertz CT molecular complexity index is 7330. The third kappa shape index (κ3) is 11.6. The standard InChI is InChI=1S/C52H32N7O3S.C40H27N5O3S/c60-63(61,62-37-18-8-3-9-19-37)38-28-29-43-44(30-38)54-49(53-43)35-24-26-36(27-25-35)58-45-22-12-10-20-39(45)41-32-48-42(31-47(41)58)40-21-11-13-23-46(40)59(48)52-56-50(33-14-4-1-5-15-33)55-51(57-52)34-16-6-2-7-17-34;1-48-36-21-20-27(22-37(36)49(46)47)44-32-18-10-8-16-28(32)30-24-35-31(23-34(30)44)29-17-9-11-19-33(29)45(35)40-42-38(25-12-4-2-5-13-25)41-39(43-40)26-14-6-3-7-15-26/h1-32H;2-24H,1H3,(H,46,47)/q-1;/p-1. The fourth-order valence-electron chi connectivity index (χ4n) is 15.2. The Kier molecular flexibility index (Phi) is 16.3. The number of benzene rings is 14. The fourth-order valence-corrected chi connectivity index (χ4v) is 16.7. The summed E-state index contributed by atoms with van der Waals surface area (Å²) in [6.07, 6.45) is 0. The van der Waals surface area contributed by atoms with E-state index in [0.717, 1.165) is 121 Å². The molecule has 112 heavy (non-hydrogen) atoms. The van der Waals surface area contributed by atoms with Gasteiger partial charge in [0, 0.05) is 76.7 Å². The van der Waals surface area contributed by atoms with Gasteiger partial charge in [-0.3, -0.25) is 13.3 Å². The highest BCUT2D eigenvalue weighted by atomic mass is 32.2. The minimum atomic E-state index is -4.07. The van der Waals surface area contributed by atoms with Crippen molar-refractivity contribution in [2.24, 2.45) is 0 Å². The number of para-hydroxylation sites is 5. The van der Waals surface area contributed by atoms with Gasteiger partial charge in [-0.15, -0.1) is 0 Å². The topological polar surface area (TPSA) is 217 Å². The summed E-state index contributed by atoms with van der Waals surface area (Å²) in [6, 6.07) is 108. The first-order valence-corrected chi connectivity index (χ1v) is 38.5. The van der Waals surface area contributed by atoms with E-state index in [2.05, 4.69) is 121 Å². The van der Waals surface area contributed by atoms with Crippen molar-refractivity contribution in [3.8, 4) is 91.7 Å². The predicted octanol–water partition coefficient (Wildman–Crippen LogP) is 20.0. The molecule has 0 radical (unpaired) electrons. The third-order valence-corrected chi connectivity index (χ3v) is 22.2. The molecule has 0 bridgehead atoms. The van der Waals surface area contributed by atoms with Gasteiger partial charge in [0.25, 0.3) is 0 Å². The normalized spacial score (nSPS) is 12.1. The molecule has 21 rings (SSSR count). The average Bonchev–Trinajstić information content (AvgIpc) is 1.56. The molecule has 14 aromatic carbocycles. The van der Waals surface area contributed by atoms with E-state index >= 15 is 0 Å². The molecule has 0 spiro atoms. The number of methoxy groups -OCH3 is 1. The molecule has 0 aliphatic rings. The second-order valence-corrected chi connectivity index (χ2v) is 29.3. The quantitative estimate of drug-likeness (QED) is 0.0731. The first kappa shape index (κ1) is 66.8. The van der Waals surface area contributed by atoms with Gasteiger partial charge in [0.05, 0.1) is 56.1 Å². The van der Waals surface area contributed by atoms with Crippen LogP contribution in [0.3, 0.4) is 0 Å². The lowest BCUT2D eigenvalue weighted by Crippen LogP contribution is -2.09. The highest BCUT2D eigenvalue weighted by Crippen LogP contribution is 2.43. The molecule has 1 atom stereocenters. The van der Waals surface area contributed by atoms with Crippen LogP contribution in [0, 0.1) is 0 Å². The van der Waals surface area contributed by atoms with Crippen LogP contribution in [-0.2, 0) is 21.2 Å². The highest BCUT2D eigenvalue weighted by molar-refractivity contribution is 7.87. The number of imidazole rings is 1. The molecular formula is C92H58N12O6S2-2. The van der Waals surface area contributed by atoms with Crippen molar-refractivity contribution < 1.29 is 26.1 Å². The van der Waals surface area contributed by atoms with Gasteiger partial charge < -0.3 is 32.6 Å². The zero-order valence-corrected chi connectivity index (χ0v) is 61.0. The van der Waals surface area contributed by atoms with Crippen molar-refractivity contribution in [1.29, 1.82) is 0 Å². The smallest absolute Gasteiger partial charge is 0.339 e. The Morgan fingerprint density at radius 2 is 0.705 bits per heavy atom. The maximum atomic E-state index is 13.1. The van der Waals surface area contributed by atoms with Crippen molar-refractivity contribution in [2.75, 3.05) is 7.11 Å². The molecule has 21 aromatic rings. The molecule has 0 N–H and O–H groups in total. The Morgan fingerprint density at radius 1 is 0.339 bits per heavy atom. The van der Waals surface area contributed by atoms with Gasteiger partial charge in [0.15, 0.2) is 23.3 Å². The van der Waals surface area contributed by atoms with Gasteiger partial charge in [0.2, 0.25) is 11.9 Å². The Hall–Kier alpha value is -14.6. The summed E-state index contributed by atoms with van der Waals surface area (Å²) < 4.78 is 70.0. The lowest BCUT2D eigenvalue weighted by molar-refractivity contribution is 0.401. The lowest BCUT2D eigenvalue weighted by Gasteiger charge is -2.15. The maximum Gasteiger partial charge on any atom is 0.339 e. The van der Waals surface area contributed by atoms with E-state index in [0.29, 0.717) is 63.5 Å². The zero-order valence-electron chi connectivity index (χ0n) is 59.4. The van der Waals surface area contributed by atoms with Gasteiger partial charge in [0.1, 0.15) is 16.4 Å². The molecule has 0 aliphatic carbocycles. The first-order chi connectivity index (χ1) is 55.0. The maximum absolute atomic E-state index is 13.1. The molecule has 1 unspecified atom stereocenters. The summed E-state index contributed by atoms with van der Waals surface area (Å²) in [7, 11) is -2.60. The first-order valence-electron chi connectivity index (χ1n) is 36.0. The molecule has 0 saturated heterocycles. The van der Waals surface area contributed by atoms with Crippen molar-refractivity contribution >= 4 is 119 Å². The number of ether oxygens (including phenoxy) is 1. The Balaban J connectivity index is 0.000000151. The van der Waals surface area contributed by atoms with Gasteiger partial charge in [-0.05, 0) is 131 Å². The summed E-state index contributed by atoms with van der Waals surface area (Å²) in [5.41, 5.74) is 15.0. The van der Waals surface area contributed by atoms with Crippen LogP contribution in [0.1, 0.15) is 0 Å². The number of aromatic nitrogens is 12. The molecule has 536 valence electrons. The second kappa shape index (κ2) is 27.3. The van der Waals surface area contributed by atoms with Crippen LogP contribution in [0.5, 0.6) is 11.5 Å². The number of fused-ring (bicyclic) bond motifs is 13. The zero-order chi connectivity index (χ0) is 75.1. The van der Waals surface area contributed by atoms with E-state index in [-0.39, 0.29) is 15.5 Å². The van der Waals surface area contributed by atoms with E-state index in [9.17, 15) is 17.2 Å². The molecule has 0 amide bonds. The predicted molar refractivity (Wildman–Crippen MR) is 441 cm³/mol. The second-order valence-electron chi connectivity index (χ2n) is 26.9. The minimum Gasteiger partial charge on any atom is -0.768 e. The number of nitrogens with zero attached hydrogens (tertiary/aromatic N) is 12. The molecule has 0 aliphatic heterocycles. The molecule has 0 saturated carbocycles. The average molecular weight is 1490 g/mol. The van der Waals surface area contributed by atoms with Gasteiger partial charge in [-0.1, -0.05) is 236 Å². The number of hydrogen-bond donors (Lipinski definition) is 0. The van der Waals surface area contributed by atoms with Crippen molar-refractivity contribution in [3.63, 3.8) is 0 Å². The lowest BCUT2D eigenvalue weighted by atomic mass is 10.1. The molecule has 18 nitrogen and oxygen atoms in total. The summed E-state index contributed by atoms with van der Waals surface area (Å²) in [5, 5.41) is 8.41. The summed E-state index contributed by atoms with van der Waals surface area (Å²) >= 11 is -2.48. The van der Waals surface area contributed by atoms with Gasteiger partial charge in [-0.2, -0.15) is 28.4 Å². The molecule has 7 aromatic heterocycles. The van der Waals surface area contributed by atoms with Crippen molar-refractivity contribution in [1.82, 2.24) is 58.1 Å². The van der Waals surface area contributed by atoms with E-state index in [1.165, 1.54) is 19.2 Å². The monoisotopic (exact) mass is 1490 g/mol. The number of hydrogen-bond acceptors (Lipinski definition) is 13. The van der Waals surface area contributed by atoms with Crippen LogP contribution in [-0.4, -0.2) is 77.4 Å². The van der Waals surface area contributed by atoms with Crippen LogP contribution in [0.4, 0.5) is 0 Å². The van der Waals surface area contributed by atoms with Crippen molar-refractivity contribution in [2.45, 2.75) is 9.79 Å². The van der Waals surface area contributed by atoms with E-state index in [4.69, 9.17) is 48.8 Å². The fraction of sp³-hybridized carbons (Fsp3) is 0.0109. The van der Waals surface area contributed by atoms with Crippen LogP contribution < -0.4 is 13.9 Å². The number of rotatable bonds is 14. The molecule has 0 fully saturated rings.